The molecule has 2 heterocycles. The molecule has 0 spiro atoms. The first-order valence-electron chi connectivity index (χ1n) is 7.59. The van der Waals surface area contributed by atoms with Crippen molar-refractivity contribution in [2.24, 2.45) is 0 Å². The van der Waals surface area contributed by atoms with Crippen LogP contribution in [0.1, 0.15) is 24.0 Å². The number of esters is 1. The van der Waals surface area contributed by atoms with Crippen LogP contribution in [-0.2, 0) is 29.1 Å². The van der Waals surface area contributed by atoms with Gasteiger partial charge in [-0.05, 0) is 18.6 Å². The SMILES string of the molecule is CCc1nc(COC(=O)CCn2nnc3ccccc3c2=O)cs1. The number of benzene rings is 1. The Morgan fingerprint density at radius 1 is 1.33 bits per heavy atom. The molecule has 7 nitrogen and oxygen atoms in total. The minimum atomic E-state index is -0.400. The molecule has 0 bridgehead atoms. The van der Waals surface area contributed by atoms with Crippen LogP contribution in [0, 0.1) is 0 Å². The van der Waals surface area contributed by atoms with Crippen molar-refractivity contribution in [3.05, 3.63) is 50.7 Å². The van der Waals surface area contributed by atoms with Crippen molar-refractivity contribution < 1.29 is 9.53 Å². The molecule has 2 aromatic heterocycles. The molecule has 0 aliphatic carbocycles. The van der Waals surface area contributed by atoms with Crippen molar-refractivity contribution >= 4 is 28.2 Å². The highest BCUT2D eigenvalue weighted by molar-refractivity contribution is 7.09. The van der Waals surface area contributed by atoms with E-state index < -0.39 is 5.97 Å². The van der Waals surface area contributed by atoms with Gasteiger partial charge in [0.1, 0.15) is 12.1 Å². The van der Waals surface area contributed by atoms with Crippen LogP contribution in [0.15, 0.2) is 34.4 Å². The summed E-state index contributed by atoms with van der Waals surface area (Å²) in [5.41, 5.74) is 1.02. The van der Waals surface area contributed by atoms with E-state index >= 15 is 0 Å². The molecule has 3 aromatic rings. The minimum absolute atomic E-state index is 0.0533. The first kappa shape index (κ1) is 16.3. The quantitative estimate of drug-likeness (QED) is 0.635. The summed E-state index contributed by atoms with van der Waals surface area (Å²) in [6.45, 7) is 2.30. The van der Waals surface area contributed by atoms with Gasteiger partial charge in [0.25, 0.3) is 5.56 Å². The van der Waals surface area contributed by atoms with Crippen molar-refractivity contribution in [2.45, 2.75) is 32.9 Å². The fourth-order valence-electron chi connectivity index (χ4n) is 2.17. The number of carbonyl (C=O) groups excluding carboxylic acids is 1. The first-order valence-corrected chi connectivity index (χ1v) is 8.46. The predicted molar refractivity (Wildman–Crippen MR) is 89.7 cm³/mol. The van der Waals surface area contributed by atoms with Gasteiger partial charge in [-0.3, -0.25) is 9.59 Å². The van der Waals surface area contributed by atoms with E-state index in [4.69, 9.17) is 4.74 Å². The molecular formula is C16H16N4O3S. The van der Waals surface area contributed by atoms with E-state index in [0.29, 0.717) is 10.9 Å². The maximum atomic E-state index is 12.3. The fraction of sp³-hybridized carbons (Fsp3) is 0.312. The summed E-state index contributed by atoms with van der Waals surface area (Å²) in [6, 6.07) is 6.97. The molecule has 1 aromatic carbocycles. The maximum Gasteiger partial charge on any atom is 0.308 e. The van der Waals surface area contributed by atoms with Gasteiger partial charge in [0.05, 0.1) is 29.1 Å². The molecule has 0 amide bonds. The second-order valence-corrected chi connectivity index (χ2v) is 6.07. The number of nitrogens with zero attached hydrogens (tertiary/aromatic N) is 4. The number of thiazole rings is 1. The number of hydrogen-bond donors (Lipinski definition) is 0. The molecule has 0 fully saturated rings. The summed E-state index contributed by atoms with van der Waals surface area (Å²) >= 11 is 1.55. The summed E-state index contributed by atoms with van der Waals surface area (Å²) in [6.07, 6.45) is 0.917. The summed E-state index contributed by atoms with van der Waals surface area (Å²) in [4.78, 5) is 28.4. The Morgan fingerprint density at radius 3 is 2.96 bits per heavy atom. The zero-order chi connectivity index (χ0) is 16.9. The van der Waals surface area contributed by atoms with Crippen LogP contribution in [0.3, 0.4) is 0 Å². The average Bonchev–Trinajstić information content (AvgIpc) is 3.08. The lowest BCUT2D eigenvalue weighted by Gasteiger charge is -2.05. The van der Waals surface area contributed by atoms with Gasteiger partial charge in [0, 0.05) is 5.38 Å². The van der Waals surface area contributed by atoms with E-state index in [2.05, 4.69) is 15.3 Å². The molecule has 0 saturated carbocycles. The molecule has 124 valence electrons. The summed E-state index contributed by atoms with van der Waals surface area (Å²) in [5, 5.41) is 11.2. The minimum Gasteiger partial charge on any atom is -0.459 e. The molecule has 0 aliphatic heterocycles. The molecule has 0 unspecified atom stereocenters. The van der Waals surface area contributed by atoms with Crippen LogP contribution in [0.2, 0.25) is 0 Å². The zero-order valence-electron chi connectivity index (χ0n) is 13.1. The second-order valence-electron chi connectivity index (χ2n) is 5.13. The van der Waals surface area contributed by atoms with Crippen LogP contribution >= 0.6 is 11.3 Å². The topological polar surface area (TPSA) is 87.0 Å². The lowest BCUT2D eigenvalue weighted by molar-refractivity contribution is -0.145. The second kappa shape index (κ2) is 7.31. The molecule has 0 radical (unpaired) electrons. The van der Waals surface area contributed by atoms with Crippen LogP contribution in [0.5, 0.6) is 0 Å². The van der Waals surface area contributed by atoms with E-state index in [1.165, 1.54) is 4.68 Å². The van der Waals surface area contributed by atoms with Crippen molar-refractivity contribution in [3.63, 3.8) is 0 Å². The van der Waals surface area contributed by atoms with Crippen LogP contribution in [0.4, 0.5) is 0 Å². The van der Waals surface area contributed by atoms with Crippen LogP contribution in [0.25, 0.3) is 10.9 Å². The number of fused-ring (bicyclic) bond motifs is 1. The van der Waals surface area contributed by atoms with Gasteiger partial charge in [-0.25, -0.2) is 9.67 Å². The molecule has 24 heavy (non-hydrogen) atoms. The van der Waals surface area contributed by atoms with E-state index in [1.54, 1.807) is 35.6 Å². The summed E-state index contributed by atoms with van der Waals surface area (Å²) in [5.74, 6) is -0.400. The van der Waals surface area contributed by atoms with Crippen LogP contribution in [-0.4, -0.2) is 25.9 Å². The van der Waals surface area contributed by atoms with Gasteiger partial charge < -0.3 is 4.74 Å². The number of ether oxygens (including phenoxy) is 1. The van der Waals surface area contributed by atoms with Gasteiger partial charge in [-0.15, -0.1) is 16.4 Å². The predicted octanol–water partition coefficient (Wildman–Crippen LogP) is 1.94. The Labute approximate surface area is 141 Å². The smallest absolute Gasteiger partial charge is 0.308 e. The third kappa shape index (κ3) is 3.65. The number of hydrogen-bond acceptors (Lipinski definition) is 7. The fourth-order valence-corrected chi connectivity index (χ4v) is 2.90. The Morgan fingerprint density at radius 2 is 2.17 bits per heavy atom. The molecule has 8 heteroatoms. The van der Waals surface area contributed by atoms with Gasteiger partial charge in [0.15, 0.2) is 0 Å². The lowest BCUT2D eigenvalue weighted by Crippen LogP contribution is -2.25. The molecule has 0 N–H and O–H groups in total. The largest absolute Gasteiger partial charge is 0.459 e. The maximum absolute atomic E-state index is 12.3. The van der Waals surface area contributed by atoms with Gasteiger partial charge in [-0.2, -0.15) is 0 Å². The molecule has 0 atom stereocenters. The zero-order valence-corrected chi connectivity index (χ0v) is 14.0. The Bertz CT molecular complexity index is 919. The van der Waals surface area contributed by atoms with Crippen molar-refractivity contribution in [1.82, 2.24) is 20.0 Å². The molecule has 3 rings (SSSR count). The van der Waals surface area contributed by atoms with Crippen molar-refractivity contribution in [1.29, 1.82) is 0 Å². The average molecular weight is 344 g/mol. The van der Waals surface area contributed by atoms with E-state index in [0.717, 1.165) is 17.1 Å². The summed E-state index contributed by atoms with van der Waals surface area (Å²) in [7, 11) is 0. The number of aromatic nitrogens is 4. The Hall–Kier alpha value is -2.61. The van der Waals surface area contributed by atoms with Crippen LogP contribution < -0.4 is 5.56 Å². The third-order valence-corrected chi connectivity index (χ3v) is 4.48. The summed E-state index contributed by atoms with van der Waals surface area (Å²) < 4.78 is 6.36. The number of carbonyl (C=O) groups is 1. The van der Waals surface area contributed by atoms with Gasteiger partial charge in [0.2, 0.25) is 0 Å². The van der Waals surface area contributed by atoms with Crippen molar-refractivity contribution in [2.75, 3.05) is 0 Å². The molecular weight excluding hydrogens is 328 g/mol. The van der Waals surface area contributed by atoms with Crippen molar-refractivity contribution in [3.8, 4) is 0 Å². The number of rotatable bonds is 6. The normalized spacial score (nSPS) is 10.9. The highest BCUT2D eigenvalue weighted by atomic mass is 32.1. The highest BCUT2D eigenvalue weighted by Crippen LogP contribution is 2.11. The highest BCUT2D eigenvalue weighted by Gasteiger charge is 2.09. The third-order valence-electron chi connectivity index (χ3n) is 3.44. The van der Waals surface area contributed by atoms with Gasteiger partial charge in [-0.1, -0.05) is 24.3 Å². The standard InChI is InChI=1S/C16H16N4O3S/c1-2-14-17-11(10-24-14)9-23-15(21)7-8-20-16(22)12-5-3-4-6-13(12)18-19-20/h3-6,10H,2,7-9H2,1H3. The van der Waals surface area contributed by atoms with Gasteiger partial charge >= 0.3 is 5.97 Å². The Balaban J connectivity index is 1.58. The number of aryl methyl sites for hydroxylation is 2. The van der Waals surface area contributed by atoms with E-state index in [9.17, 15) is 9.59 Å². The van der Waals surface area contributed by atoms with E-state index in [-0.39, 0.29) is 25.1 Å². The molecule has 0 aliphatic rings. The first-order chi connectivity index (χ1) is 11.7. The monoisotopic (exact) mass is 344 g/mol. The Kier molecular flexibility index (Phi) is 4.95. The lowest BCUT2D eigenvalue weighted by atomic mass is 10.2. The van der Waals surface area contributed by atoms with E-state index in [1.807, 2.05) is 12.3 Å². The molecule has 0 saturated heterocycles.